The van der Waals surface area contributed by atoms with E-state index in [1.165, 1.54) is 0 Å². The minimum atomic E-state index is -2.28. The zero-order chi connectivity index (χ0) is 22.7. The first-order valence-corrected chi connectivity index (χ1v) is 13.6. The average molecular weight is 421 g/mol. The molecule has 6 heteroatoms. The van der Waals surface area contributed by atoms with Crippen LogP contribution in [-0.4, -0.2) is 36.4 Å². The highest BCUT2D eigenvalue weighted by Crippen LogP contribution is 2.44. The van der Waals surface area contributed by atoms with Crippen molar-refractivity contribution in [3.05, 3.63) is 34.6 Å². The fourth-order valence-electron chi connectivity index (χ4n) is 3.20. The van der Waals surface area contributed by atoms with E-state index in [1.54, 1.807) is 19.9 Å². The number of carbonyl (C=O) groups excluding carboxylic acids is 3. The molecule has 0 aromatic carbocycles. The van der Waals surface area contributed by atoms with E-state index in [0.29, 0.717) is 0 Å². The molecule has 0 unspecified atom stereocenters. The summed E-state index contributed by atoms with van der Waals surface area (Å²) in [6, 6.07) is 0. The highest BCUT2D eigenvalue weighted by molar-refractivity contribution is 6.70. The molecule has 1 aliphatic carbocycles. The SMILES string of the molecule is CC(C)=CCC(=O)[C@]1(O)C(=O)C(C(=O)C(C)C)=C(O[Si](C)(C)C)[C@@H]1CC=C(C)C. The Kier molecular flexibility index (Phi) is 8.14. The maximum Gasteiger partial charge on any atom is 0.241 e. The van der Waals surface area contributed by atoms with Crippen LogP contribution in [0.15, 0.2) is 34.6 Å². The molecule has 0 aromatic rings. The van der Waals surface area contributed by atoms with Crippen molar-refractivity contribution in [2.24, 2.45) is 11.8 Å². The van der Waals surface area contributed by atoms with Gasteiger partial charge in [-0.2, -0.15) is 0 Å². The Balaban J connectivity index is 3.68. The highest BCUT2D eigenvalue weighted by Gasteiger charge is 2.60. The number of hydrogen-bond donors (Lipinski definition) is 1. The summed E-state index contributed by atoms with van der Waals surface area (Å²) >= 11 is 0. The largest absolute Gasteiger partial charge is 0.546 e. The van der Waals surface area contributed by atoms with Crippen LogP contribution in [0.25, 0.3) is 0 Å². The van der Waals surface area contributed by atoms with Crippen molar-refractivity contribution in [3.63, 3.8) is 0 Å². The third-order valence-corrected chi connectivity index (χ3v) is 5.54. The van der Waals surface area contributed by atoms with Crippen LogP contribution >= 0.6 is 0 Å². The van der Waals surface area contributed by atoms with E-state index in [4.69, 9.17) is 4.43 Å². The summed E-state index contributed by atoms with van der Waals surface area (Å²) in [4.78, 5) is 39.3. The van der Waals surface area contributed by atoms with E-state index >= 15 is 0 Å². The molecule has 0 aromatic heterocycles. The number of Topliss-reactive ketones (excluding diaryl/α,β-unsaturated/α-hetero) is 3. The summed E-state index contributed by atoms with van der Waals surface area (Å²) in [5.41, 5.74) is -0.513. The molecule has 0 spiro atoms. The summed E-state index contributed by atoms with van der Waals surface area (Å²) in [6.45, 7) is 16.7. The molecule has 0 heterocycles. The summed E-state index contributed by atoms with van der Waals surface area (Å²) in [5.74, 6) is -2.96. The van der Waals surface area contributed by atoms with Gasteiger partial charge in [0.1, 0.15) is 11.3 Å². The molecule has 162 valence electrons. The minimum Gasteiger partial charge on any atom is -0.546 e. The van der Waals surface area contributed by atoms with Crippen LogP contribution in [0.4, 0.5) is 0 Å². The van der Waals surface area contributed by atoms with E-state index < -0.39 is 43.1 Å². The van der Waals surface area contributed by atoms with Crippen LogP contribution in [0, 0.1) is 11.8 Å². The zero-order valence-corrected chi connectivity index (χ0v) is 20.3. The van der Waals surface area contributed by atoms with Gasteiger partial charge in [-0.1, -0.05) is 37.1 Å². The van der Waals surface area contributed by atoms with Gasteiger partial charge in [0.2, 0.25) is 14.1 Å². The van der Waals surface area contributed by atoms with Gasteiger partial charge in [0, 0.05) is 12.3 Å². The number of carbonyl (C=O) groups is 3. The quantitative estimate of drug-likeness (QED) is 0.256. The number of hydrogen-bond acceptors (Lipinski definition) is 5. The first-order valence-electron chi connectivity index (χ1n) is 10.2. The Morgan fingerprint density at radius 3 is 2.03 bits per heavy atom. The smallest absolute Gasteiger partial charge is 0.241 e. The summed E-state index contributed by atoms with van der Waals surface area (Å²) in [5, 5.41) is 11.5. The third-order valence-electron chi connectivity index (χ3n) is 4.71. The van der Waals surface area contributed by atoms with Gasteiger partial charge < -0.3 is 9.53 Å². The Labute approximate surface area is 176 Å². The van der Waals surface area contributed by atoms with Gasteiger partial charge in [0.05, 0.1) is 5.92 Å². The monoisotopic (exact) mass is 420 g/mol. The lowest BCUT2D eigenvalue weighted by Gasteiger charge is -2.31. The number of ketones is 3. The standard InChI is InChI=1S/C23H36O5Si/c1-14(2)10-12-17-21(28-29(7,8)9)19(20(25)16(5)6)22(26)23(17,27)18(24)13-11-15(3)4/h10-11,16-17,27H,12-13H2,1-9H3/t17-,23-/m0/s1. The number of allylic oxidation sites excluding steroid dienone is 4. The predicted octanol–water partition coefficient (Wildman–Crippen LogP) is 4.53. The lowest BCUT2D eigenvalue weighted by Crippen LogP contribution is -2.50. The van der Waals surface area contributed by atoms with E-state index in [2.05, 4.69) is 0 Å². The lowest BCUT2D eigenvalue weighted by atomic mass is 9.80. The van der Waals surface area contributed by atoms with Gasteiger partial charge >= 0.3 is 0 Å². The van der Waals surface area contributed by atoms with E-state index in [9.17, 15) is 19.5 Å². The number of aliphatic hydroxyl groups is 1. The van der Waals surface area contributed by atoms with Crippen LogP contribution < -0.4 is 0 Å². The van der Waals surface area contributed by atoms with Crippen LogP contribution in [0.5, 0.6) is 0 Å². The minimum absolute atomic E-state index is 0.0702. The van der Waals surface area contributed by atoms with Crippen LogP contribution in [0.2, 0.25) is 19.6 Å². The van der Waals surface area contributed by atoms with Crippen molar-refractivity contribution in [2.45, 2.75) is 79.6 Å². The Morgan fingerprint density at radius 1 is 1.10 bits per heavy atom. The first kappa shape index (κ1) is 25.2. The molecule has 0 bridgehead atoms. The second-order valence-electron chi connectivity index (χ2n) is 9.55. The van der Waals surface area contributed by atoms with Gasteiger partial charge in [-0.3, -0.25) is 14.4 Å². The molecule has 0 saturated heterocycles. The van der Waals surface area contributed by atoms with Gasteiger partial charge in [0.15, 0.2) is 17.2 Å². The molecule has 2 atom stereocenters. The van der Waals surface area contributed by atoms with Gasteiger partial charge in [0.25, 0.3) is 0 Å². The van der Waals surface area contributed by atoms with Crippen molar-refractivity contribution in [3.8, 4) is 0 Å². The molecule has 29 heavy (non-hydrogen) atoms. The Morgan fingerprint density at radius 2 is 1.62 bits per heavy atom. The molecule has 0 radical (unpaired) electrons. The lowest BCUT2D eigenvalue weighted by molar-refractivity contribution is -0.151. The van der Waals surface area contributed by atoms with Crippen molar-refractivity contribution in [1.82, 2.24) is 0 Å². The van der Waals surface area contributed by atoms with E-state index in [0.717, 1.165) is 11.1 Å². The molecular weight excluding hydrogens is 384 g/mol. The molecule has 1 aliphatic rings. The predicted molar refractivity (Wildman–Crippen MR) is 118 cm³/mol. The maximum atomic E-state index is 13.4. The third kappa shape index (κ3) is 5.86. The molecule has 0 fully saturated rings. The maximum absolute atomic E-state index is 13.4. The van der Waals surface area contributed by atoms with Crippen molar-refractivity contribution in [1.29, 1.82) is 0 Å². The topological polar surface area (TPSA) is 80.7 Å². The van der Waals surface area contributed by atoms with Crippen LogP contribution in [0.3, 0.4) is 0 Å². The number of rotatable bonds is 9. The fraction of sp³-hybridized carbons (Fsp3) is 0.609. The van der Waals surface area contributed by atoms with Gasteiger partial charge in [-0.25, -0.2) is 0 Å². The second-order valence-corrected chi connectivity index (χ2v) is 14.0. The molecule has 0 aliphatic heterocycles. The van der Waals surface area contributed by atoms with Crippen molar-refractivity contribution in [2.75, 3.05) is 0 Å². The molecule has 1 rings (SSSR count). The van der Waals surface area contributed by atoms with Gasteiger partial charge in [-0.05, 0) is 53.8 Å². The first-order chi connectivity index (χ1) is 13.1. The normalized spacial score (nSPS) is 22.0. The molecule has 0 amide bonds. The molecule has 5 nitrogen and oxygen atoms in total. The van der Waals surface area contributed by atoms with E-state index in [-0.39, 0.29) is 24.2 Å². The molecule has 1 N–H and O–H groups in total. The Bertz CT molecular complexity index is 772. The van der Waals surface area contributed by atoms with E-state index in [1.807, 2.05) is 53.4 Å². The zero-order valence-electron chi connectivity index (χ0n) is 19.3. The molecule has 0 saturated carbocycles. The Hall–Kier alpha value is -1.79. The summed E-state index contributed by atoms with van der Waals surface area (Å²) in [7, 11) is -2.22. The second kappa shape index (κ2) is 9.35. The van der Waals surface area contributed by atoms with Crippen molar-refractivity contribution >= 4 is 25.7 Å². The summed E-state index contributed by atoms with van der Waals surface area (Å²) in [6.07, 6.45) is 3.74. The average Bonchev–Trinajstić information content (AvgIpc) is 2.76. The van der Waals surface area contributed by atoms with Crippen molar-refractivity contribution < 1.29 is 23.9 Å². The summed E-state index contributed by atoms with van der Waals surface area (Å²) < 4.78 is 6.19. The highest BCUT2D eigenvalue weighted by atomic mass is 28.4. The van der Waals surface area contributed by atoms with Crippen LogP contribution in [0.1, 0.15) is 54.4 Å². The molecular formula is C23H36O5Si. The van der Waals surface area contributed by atoms with Gasteiger partial charge in [-0.15, -0.1) is 0 Å². The van der Waals surface area contributed by atoms with Crippen LogP contribution in [-0.2, 0) is 18.8 Å². The fourth-order valence-corrected chi connectivity index (χ4v) is 4.11.